The maximum Gasteiger partial charge on any atom is 0.233 e. The van der Waals surface area contributed by atoms with E-state index in [2.05, 4.69) is 42.3 Å². The molecule has 0 aliphatic carbocycles. The van der Waals surface area contributed by atoms with Gasteiger partial charge in [-0.2, -0.15) is 20.2 Å². The van der Waals surface area contributed by atoms with Gasteiger partial charge in [-0.3, -0.25) is 0 Å². The molecule has 1 N–H and O–H groups in total. The van der Waals surface area contributed by atoms with E-state index in [0.29, 0.717) is 17.2 Å². The molecule has 2 aromatic rings. The predicted octanol–water partition coefficient (Wildman–Crippen LogP) is 2.97. The van der Waals surface area contributed by atoms with Crippen LogP contribution < -0.4 is 10.2 Å². The molecule has 0 radical (unpaired) electrons. The first-order valence-corrected chi connectivity index (χ1v) is 6.72. The van der Waals surface area contributed by atoms with E-state index in [0.717, 1.165) is 4.47 Å². The lowest BCUT2D eigenvalue weighted by atomic mass is 10.2. The van der Waals surface area contributed by atoms with E-state index in [1.807, 2.05) is 0 Å². The van der Waals surface area contributed by atoms with Crippen molar-refractivity contribution in [3.8, 4) is 6.07 Å². The molecule has 0 bridgehead atoms. The second-order valence-corrected chi connectivity index (χ2v) is 5.30. The Balaban J connectivity index is 2.40. The molecule has 0 atom stereocenters. The second-order valence-electron chi connectivity index (χ2n) is 4.05. The van der Waals surface area contributed by atoms with Gasteiger partial charge in [0.1, 0.15) is 6.07 Å². The third-order valence-electron chi connectivity index (χ3n) is 2.34. The standard InChI is InChI=1S/C12H10BrClN6/c1-20(2)12-18-10(14)17-11(19-12)16-9-5-8(13)4-3-7(9)6-15/h3-5H,1-2H3,(H,16,17,18,19). The number of aromatic nitrogens is 3. The molecular weight excluding hydrogens is 344 g/mol. The van der Waals surface area contributed by atoms with Crippen LogP contribution in [0.3, 0.4) is 0 Å². The lowest BCUT2D eigenvalue weighted by Crippen LogP contribution is -2.14. The smallest absolute Gasteiger partial charge is 0.233 e. The lowest BCUT2D eigenvalue weighted by molar-refractivity contribution is 0.961. The van der Waals surface area contributed by atoms with Gasteiger partial charge in [-0.25, -0.2) is 0 Å². The molecule has 1 heterocycles. The number of benzene rings is 1. The first-order valence-electron chi connectivity index (χ1n) is 5.55. The zero-order chi connectivity index (χ0) is 14.7. The van der Waals surface area contributed by atoms with E-state index < -0.39 is 0 Å². The van der Waals surface area contributed by atoms with Crippen LogP contribution in [0.4, 0.5) is 17.6 Å². The Hall–Kier alpha value is -1.91. The van der Waals surface area contributed by atoms with E-state index in [4.69, 9.17) is 16.9 Å². The number of halogens is 2. The fraction of sp³-hybridized carbons (Fsp3) is 0.167. The normalized spacial score (nSPS) is 9.95. The van der Waals surface area contributed by atoms with Gasteiger partial charge in [0.2, 0.25) is 17.2 Å². The summed E-state index contributed by atoms with van der Waals surface area (Å²) < 4.78 is 0.840. The SMILES string of the molecule is CN(C)c1nc(Cl)nc(Nc2cc(Br)ccc2C#N)n1. The highest BCUT2D eigenvalue weighted by molar-refractivity contribution is 9.10. The summed E-state index contributed by atoms with van der Waals surface area (Å²) in [4.78, 5) is 13.9. The van der Waals surface area contributed by atoms with Crippen LogP contribution >= 0.6 is 27.5 Å². The molecule has 1 aromatic heterocycles. The van der Waals surface area contributed by atoms with Gasteiger partial charge >= 0.3 is 0 Å². The van der Waals surface area contributed by atoms with E-state index in [9.17, 15) is 0 Å². The molecule has 0 saturated heterocycles. The average Bonchev–Trinajstić information content (AvgIpc) is 2.38. The highest BCUT2D eigenvalue weighted by Crippen LogP contribution is 2.24. The molecule has 102 valence electrons. The van der Waals surface area contributed by atoms with Crippen molar-refractivity contribution in [3.05, 3.63) is 33.5 Å². The molecule has 2 rings (SSSR count). The van der Waals surface area contributed by atoms with Gasteiger partial charge in [-0.05, 0) is 29.8 Å². The summed E-state index contributed by atoms with van der Waals surface area (Å²) in [6, 6.07) is 7.35. The molecular formula is C12H10BrClN6. The van der Waals surface area contributed by atoms with E-state index in [1.54, 1.807) is 37.2 Å². The van der Waals surface area contributed by atoms with Crippen molar-refractivity contribution in [2.75, 3.05) is 24.3 Å². The average molecular weight is 354 g/mol. The summed E-state index contributed by atoms with van der Waals surface area (Å²) in [5.41, 5.74) is 1.07. The Morgan fingerprint density at radius 2 is 2.05 bits per heavy atom. The summed E-state index contributed by atoms with van der Waals surface area (Å²) in [5, 5.41) is 12.1. The maximum absolute atomic E-state index is 9.09. The molecule has 0 aliphatic rings. The Labute approximate surface area is 129 Å². The Morgan fingerprint density at radius 1 is 1.30 bits per heavy atom. The van der Waals surface area contributed by atoms with Gasteiger partial charge in [0.15, 0.2) is 0 Å². The van der Waals surface area contributed by atoms with Crippen LogP contribution in [0, 0.1) is 11.3 Å². The quantitative estimate of drug-likeness (QED) is 0.914. The number of hydrogen-bond acceptors (Lipinski definition) is 6. The number of hydrogen-bond donors (Lipinski definition) is 1. The van der Waals surface area contributed by atoms with Gasteiger partial charge in [-0.15, -0.1) is 0 Å². The molecule has 0 saturated carbocycles. The summed E-state index contributed by atoms with van der Waals surface area (Å²) in [6.45, 7) is 0. The van der Waals surface area contributed by atoms with E-state index in [-0.39, 0.29) is 11.2 Å². The van der Waals surface area contributed by atoms with Gasteiger partial charge in [0, 0.05) is 18.6 Å². The van der Waals surface area contributed by atoms with Crippen LogP contribution in [0.15, 0.2) is 22.7 Å². The van der Waals surface area contributed by atoms with Crippen LogP contribution in [0.5, 0.6) is 0 Å². The zero-order valence-electron chi connectivity index (χ0n) is 10.7. The third-order valence-corrected chi connectivity index (χ3v) is 3.01. The molecule has 20 heavy (non-hydrogen) atoms. The summed E-state index contributed by atoms with van der Waals surface area (Å²) in [6.07, 6.45) is 0. The first-order chi connectivity index (χ1) is 9.49. The fourth-order valence-electron chi connectivity index (χ4n) is 1.43. The van der Waals surface area contributed by atoms with Crippen LogP contribution in [0.25, 0.3) is 0 Å². The monoisotopic (exact) mass is 352 g/mol. The number of anilines is 3. The molecule has 1 aromatic carbocycles. The number of nitrogens with zero attached hydrogens (tertiary/aromatic N) is 5. The topological polar surface area (TPSA) is 77.7 Å². The van der Waals surface area contributed by atoms with E-state index >= 15 is 0 Å². The van der Waals surface area contributed by atoms with Crippen molar-refractivity contribution in [2.45, 2.75) is 0 Å². The molecule has 0 amide bonds. The minimum Gasteiger partial charge on any atom is -0.347 e. The summed E-state index contributed by atoms with van der Waals surface area (Å²) >= 11 is 9.22. The number of nitriles is 1. The highest BCUT2D eigenvalue weighted by atomic mass is 79.9. The zero-order valence-corrected chi connectivity index (χ0v) is 13.1. The lowest BCUT2D eigenvalue weighted by Gasteiger charge is -2.12. The predicted molar refractivity (Wildman–Crippen MR) is 81.3 cm³/mol. The Bertz CT molecular complexity index is 682. The molecule has 0 unspecified atom stereocenters. The van der Waals surface area contributed by atoms with Crippen molar-refractivity contribution in [1.29, 1.82) is 5.26 Å². The van der Waals surface area contributed by atoms with Crippen molar-refractivity contribution in [2.24, 2.45) is 0 Å². The third kappa shape index (κ3) is 3.35. The molecule has 8 heteroatoms. The molecule has 0 aliphatic heterocycles. The molecule has 6 nitrogen and oxygen atoms in total. The number of rotatable bonds is 3. The van der Waals surface area contributed by atoms with Crippen molar-refractivity contribution < 1.29 is 0 Å². The van der Waals surface area contributed by atoms with Crippen molar-refractivity contribution in [1.82, 2.24) is 15.0 Å². The van der Waals surface area contributed by atoms with Crippen molar-refractivity contribution in [3.63, 3.8) is 0 Å². The van der Waals surface area contributed by atoms with Crippen LogP contribution in [-0.4, -0.2) is 29.0 Å². The minimum atomic E-state index is 0.0831. The summed E-state index contributed by atoms with van der Waals surface area (Å²) in [7, 11) is 3.60. The summed E-state index contributed by atoms with van der Waals surface area (Å²) in [5.74, 6) is 0.712. The highest BCUT2D eigenvalue weighted by Gasteiger charge is 2.09. The van der Waals surface area contributed by atoms with Gasteiger partial charge in [-0.1, -0.05) is 15.9 Å². The Morgan fingerprint density at radius 3 is 2.70 bits per heavy atom. The number of nitrogens with one attached hydrogen (secondary N) is 1. The Kier molecular flexibility index (Phi) is 4.37. The van der Waals surface area contributed by atoms with Gasteiger partial charge < -0.3 is 10.2 Å². The van der Waals surface area contributed by atoms with Crippen LogP contribution in [0.2, 0.25) is 5.28 Å². The van der Waals surface area contributed by atoms with Gasteiger partial charge in [0.05, 0.1) is 11.3 Å². The van der Waals surface area contributed by atoms with Crippen LogP contribution in [-0.2, 0) is 0 Å². The van der Waals surface area contributed by atoms with Crippen LogP contribution in [0.1, 0.15) is 5.56 Å². The van der Waals surface area contributed by atoms with E-state index in [1.165, 1.54) is 0 Å². The van der Waals surface area contributed by atoms with Gasteiger partial charge in [0.25, 0.3) is 0 Å². The minimum absolute atomic E-state index is 0.0831. The fourth-order valence-corrected chi connectivity index (χ4v) is 1.95. The first kappa shape index (κ1) is 14.5. The largest absolute Gasteiger partial charge is 0.347 e. The second kappa shape index (κ2) is 6.03. The maximum atomic E-state index is 9.09. The van der Waals surface area contributed by atoms with Crippen molar-refractivity contribution >= 4 is 45.1 Å². The molecule has 0 spiro atoms. The molecule has 0 fully saturated rings.